The second kappa shape index (κ2) is 7.09. The zero-order chi connectivity index (χ0) is 19.0. The van der Waals surface area contributed by atoms with Crippen molar-refractivity contribution in [1.29, 1.82) is 0 Å². The van der Waals surface area contributed by atoms with E-state index in [1.165, 1.54) is 7.11 Å². The molecule has 4 rings (SSSR count). The molecular weight excluding hydrogens is 348 g/mol. The van der Waals surface area contributed by atoms with Gasteiger partial charge in [-0.1, -0.05) is 0 Å². The average Bonchev–Trinajstić information content (AvgIpc) is 3.32. The molecule has 1 aromatic carbocycles. The number of amides is 1. The molecule has 8 nitrogen and oxygen atoms in total. The minimum absolute atomic E-state index is 0.0211. The van der Waals surface area contributed by atoms with Crippen LogP contribution in [0.25, 0.3) is 0 Å². The molecule has 3 heterocycles. The monoisotopic (exact) mass is 372 g/mol. The van der Waals surface area contributed by atoms with Crippen LogP contribution in [0.4, 0.5) is 0 Å². The van der Waals surface area contributed by atoms with E-state index in [1.54, 1.807) is 43.5 Å². The average molecular weight is 372 g/mol. The van der Waals surface area contributed by atoms with Crippen molar-refractivity contribution in [2.45, 2.75) is 43.8 Å². The molecule has 2 unspecified atom stereocenters. The lowest BCUT2D eigenvalue weighted by Crippen LogP contribution is -2.47. The first kappa shape index (κ1) is 17.6. The number of fused-ring (bicyclic) bond motifs is 2. The highest BCUT2D eigenvalue weighted by Gasteiger charge is 2.45. The Morgan fingerprint density at radius 3 is 2.11 bits per heavy atom. The predicted molar refractivity (Wildman–Crippen MR) is 97.4 cm³/mol. The molecule has 2 saturated heterocycles. The number of hydrogen-bond acceptors (Lipinski definition) is 6. The van der Waals surface area contributed by atoms with Crippen molar-refractivity contribution >= 4 is 5.91 Å². The maximum atomic E-state index is 13.4. The van der Waals surface area contributed by atoms with E-state index in [0.717, 1.165) is 25.7 Å². The van der Waals surface area contributed by atoms with Crippen molar-refractivity contribution in [3.8, 4) is 17.2 Å². The summed E-state index contributed by atoms with van der Waals surface area (Å²) < 4.78 is 16.3. The van der Waals surface area contributed by atoms with Gasteiger partial charge in [0.05, 0.1) is 45.3 Å². The van der Waals surface area contributed by atoms with Crippen molar-refractivity contribution < 1.29 is 19.0 Å². The van der Waals surface area contributed by atoms with Gasteiger partial charge in [0.25, 0.3) is 5.91 Å². The predicted octanol–water partition coefficient (Wildman–Crippen LogP) is 2.31. The summed E-state index contributed by atoms with van der Waals surface area (Å²) in [6, 6.07) is 4.11. The van der Waals surface area contributed by atoms with Crippen LogP contribution in [0.5, 0.6) is 17.2 Å². The van der Waals surface area contributed by atoms with Crippen LogP contribution in [0, 0.1) is 0 Å². The summed E-state index contributed by atoms with van der Waals surface area (Å²) in [5.74, 6) is 1.37. The summed E-state index contributed by atoms with van der Waals surface area (Å²) in [6.07, 6.45) is 7.15. The molecule has 0 N–H and O–H groups in total. The number of carbonyl (C=O) groups is 1. The lowest BCUT2D eigenvalue weighted by Gasteiger charge is -2.38. The molecule has 8 heteroatoms. The number of ether oxygens (including phenoxy) is 3. The molecule has 1 aromatic heterocycles. The molecule has 2 aromatic rings. The van der Waals surface area contributed by atoms with Crippen molar-refractivity contribution in [1.82, 2.24) is 19.9 Å². The first-order valence-electron chi connectivity index (χ1n) is 9.15. The third-order valence-corrected chi connectivity index (χ3v) is 5.64. The molecule has 2 aliphatic rings. The molecule has 2 atom stereocenters. The molecule has 0 aliphatic carbocycles. The molecule has 1 amide bonds. The Kier molecular flexibility index (Phi) is 4.63. The normalized spacial score (nSPS) is 24.0. The SMILES string of the molecule is COc1ccc(C(=O)N2C3CCC2CC(n2nccn2)C3)c(OC)c1OC. The van der Waals surface area contributed by atoms with Gasteiger partial charge in [-0.25, -0.2) is 0 Å². The number of methoxy groups -OCH3 is 3. The molecular formula is C19H24N4O4. The Morgan fingerprint density at radius 1 is 0.926 bits per heavy atom. The number of hydrogen-bond donors (Lipinski definition) is 0. The van der Waals surface area contributed by atoms with E-state index in [-0.39, 0.29) is 24.0 Å². The minimum Gasteiger partial charge on any atom is -0.493 e. The van der Waals surface area contributed by atoms with Crippen LogP contribution < -0.4 is 14.2 Å². The van der Waals surface area contributed by atoms with Crippen LogP contribution in [0.3, 0.4) is 0 Å². The van der Waals surface area contributed by atoms with Crippen molar-refractivity contribution in [2.75, 3.05) is 21.3 Å². The highest BCUT2D eigenvalue weighted by Crippen LogP contribution is 2.44. The molecule has 27 heavy (non-hydrogen) atoms. The fourth-order valence-electron chi connectivity index (χ4n) is 4.49. The smallest absolute Gasteiger partial charge is 0.258 e. The summed E-state index contributed by atoms with van der Waals surface area (Å²) in [7, 11) is 4.65. The van der Waals surface area contributed by atoms with Crippen LogP contribution in [0.2, 0.25) is 0 Å². The Bertz CT molecular complexity index is 809. The summed E-state index contributed by atoms with van der Waals surface area (Å²) in [4.78, 5) is 17.2. The standard InChI is InChI=1S/C19H24N4O4/c1-25-16-7-6-15(17(26-2)18(16)27-3)19(24)22-12-4-5-13(22)11-14(10-12)23-20-8-9-21-23/h6-9,12-14H,4-5,10-11H2,1-3H3. The first-order valence-corrected chi connectivity index (χ1v) is 9.15. The van der Waals surface area contributed by atoms with Gasteiger partial charge in [0, 0.05) is 12.1 Å². The number of nitrogens with zero attached hydrogens (tertiary/aromatic N) is 4. The lowest BCUT2D eigenvalue weighted by atomic mass is 9.96. The number of aromatic nitrogens is 3. The van der Waals surface area contributed by atoms with Gasteiger partial charge in [0.15, 0.2) is 11.5 Å². The number of carbonyl (C=O) groups excluding carboxylic acids is 1. The lowest BCUT2D eigenvalue weighted by molar-refractivity contribution is 0.0508. The van der Waals surface area contributed by atoms with Gasteiger partial charge in [-0.2, -0.15) is 15.0 Å². The van der Waals surface area contributed by atoms with Gasteiger partial charge in [0.2, 0.25) is 5.75 Å². The van der Waals surface area contributed by atoms with Crippen molar-refractivity contribution in [2.24, 2.45) is 0 Å². The van der Waals surface area contributed by atoms with Crippen LogP contribution in [0.15, 0.2) is 24.5 Å². The summed E-state index contributed by atoms with van der Waals surface area (Å²) in [6.45, 7) is 0. The van der Waals surface area contributed by atoms with E-state index >= 15 is 0 Å². The fourth-order valence-corrected chi connectivity index (χ4v) is 4.49. The highest BCUT2D eigenvalue weighted by molar-refractivity contribution is 5.99. The van der Waals surface area contributed by atoms with Crippen LogP contribution in [0.1, 0.15) is 42.1 Å². The second-order valence-corrected chi connectivity index (χ2v) is 6.95. The third-order valence-electron chi connectivity index (χ3n) is 5.64. The molecule has 144 valence electrons. The molecule has 2 bridgehead atoms. The van der Waals surface area contributed by atoms with Gasteiger partial charge < -0.3 is 19.1 Å². The number of piperidine rings is 1. The van der Waals surface area contributed by atoms with E-state index in [1.807, 2.05) is 4.90 Å². The van der Waals surface area contributed by atoms with Crippen molar-refractivity contribution in [3.63, 3.8) is 0 Å². The molecule has 2 fully saturated rings. The Morgan fingerprint density at radius 2 is 1.56 bits per heavy atom. The Hall–Kier alpha value is -2.77. The number of benzene rings is 1. The van der Waals surface area contributed by atoms with Gasteiger partial charge in [0.1, 0.15) is 0 Å². The second-order valence-electron chi connectivity index (χ2n) is 6.95. The van der Waals surface area contributed by atoms with E-state index in [2.05, 4.69) is 10.2 Å². The quantitative estimate of drug-likeness (QED) is 0.801. The zero-order valence-corrected chi connectivity index (χ0v) is 15.8. The topological polar surface area (TPSA) is 78.7 Å². The van der Waals surface area contributed by atoms with Gasteiger partial charge >= 0.3 is 0 Å². The van der Waals surface area contributed by atoms with Gasteiger partial charge in [-0.15, -0.1) is 0 Å². The molecule has 0 saturated carbocycles. The van der Waals surface area contributed by atoms with Crippen LogP contribution in [-0.4, -0.2) is 59.2 Å². The van der Waals surface area contributed by atoms with Crippen LogP contribution in [-0.2, 0) is 0 Å². The maximum Gasteiger partial charge on any atom is 0.258 e. The van der Waals surface area contributed by atoms with E-state index in [4.69, 9.17) is 14.2 Å². The minimum atomic E-state index is -0.0211. The number of rotatable bonds is 5. The maximum absolute atomic E-state index is 13.4. The molecule has 2 aliphatic heterocycles. The fraction of sp³-hybridized carbons (Fsp3) is 0.526. The van der Waals surface area contributed by atoms with E-state index in [0.29, 0.717) is 22.8 Å². The van der Waals surface area contributed by atoms with Gasteiger partial charge in [-0.3, -0.25) is 4.79 Å². The van der Waals surface area contributed by atoms with E-state index in [9.17, 15) is 4.79 Å². The van der Waals surface area contributed by atoms with Crippen molar-refractivity contribution in [3.05, 3.63) is 30.1 Å². The molecule has 0 radical (unpaired) electrons. The summed E-state index contributed by atoms with van der Waals surface area (Å²) in [5.41, 5.74) is 0.503. The summed E-state index contributed by atoms with van der Waals surface area (Å²) >= 11 is 0. The first-order chi connectivity index (χ1) is 13.2. The van der Waals surface area contributed by atoms with E-state index < -0.39 is 0 Å². The zero-order valence-electron chi connectivity index (χ0n) is 15.8. The van der Waals surface area contributed by atoms with Gasteiger partial charge in [-0.05, 0) is 37.8 Å². The largest absolute Gasteiger partial charge is 0.493 e. The molecule has 0 spiro atoms. The summed E-state index contributed by atoms with van der Waals surface area (Å²) in [5, 5.41) is 8.57. The Labute approximate surface area is 158 Å². The van der Waals surface area contributed by atoms with Crippen LogP contribution >= 0.6 is 0 Å². The highest BCUT2D eigenvalue weighted by atomic mass is 16.5. The Balaban J connectivity index is 1.63. The third kappa shape index (κ3) is 2.89.